The summed E-state index contributed by atoms with van der Waals surface area (Å²) in [7, 11) is 1.89. The van der Waals surface area contributed by atoms with Crippen LogP contribution >= 0.6 is 0 Å². The SMILES string of the molecule is CN(CCOC(F)F)CCc1c[nH]c2ccc(OCCCCNC(=O)C(C)(C)C)cc12. The Kier molecular flexibility index (Phi) is 9.71. The lowest BCUT2D eigenvalue weighted by Crippen LogP contribution is -2.35. The highest BCUT2D eigenvalue weighted by Gasteiger charge is 2.20. The van der Waals surface area contributed by atoms with Gasteiger partial charge in [-0.3, -0.25) is 4.79 Å². The molecule has 0 spiro atoms. The monoisotopic (exact) mass is 439 g/mol. The molecule has 2 aromatic rings. The van der Waals surface area contributed by atoms with Gasteiger partial charge in [0.2, 0.25) is 5.91 Å². The van der Waals surface area contributed by atoms with E-state index in [1.807, 2.05) is 57.1 Å². The van der Waals surface area contributed by atoms with Crippen LogP contribution in [0, 0.1) is 5.41 Å². The molecule has 0 fully saturated rings. The molecule has 0 unspecified atom stereocenters. The third-order valence-electron chi connectivity index (χ3n) is 5.03. The highest BCUT2D eigenvalue weighted by Crippen LogP contribution is 2.24. The Bertz CT molecular complexity index is 818. The minimum atomic E-state index is -2.72. The van der Waals surface area contributed by atoms with Crippen LogP contribution in [0.15, 0.2) is 24.4 Å². The molecule has 6 nitrogen and oxygen atoms in total. The van der Waals surface area contributed by atoms with Gasteiger partial charge in [0.05, 0.1) is 13.2 Å². The number of carbonyl (C=O) groups is 1. The summed E-state index contributed by atoms with van der Waals surface area (Å²) in [6, 6.07) is 5.97. The Morgan fingerprint density at radius 3 is 2.68 bits per heavy atom. The first-order chi connectivity index (χ1) is 14.7. The number of H-pyrrole nitrogens is 1. The van der Waals surface area contributed by atoms with Crippen molar-refractivity contribution in [2.45, 2.75) is 46.6 Å². The number of ether oxygens (including phenoxy) is 2. The number of hydrogen-bond donors (Lipinski definition) is 2. The van der Waals surface area contributed by atoms with Gasteiger partial charge in [-0.15, -0.1) is 0 Å². The number of aromatic nitrogens is 1. The van der Waals surface area contributed by atoms with E-state index >= 15 is 0 Å². The lowest BCUT2D eigenvalue weighted by molar-refractivity contribution is -0.131. The van der Waals surface area contributed by atoms with E-state index in [1.54, 1.807) is 0 Å². The first-order valence-electron chi connectivity index (χ1n) is 10.8. The summed E-state index contributed by atoms with van der Waals surface area (Å²) in [5.74, 6) is 0.872. The van der Waals surface area contributed by atoms with E-state index in [2.05, 4.69) is 15.0 Å². The number of amides is 1. The number of hydrogen-bond acceptors (Lipinski definition) is 4. The maximum absolute atomic E-state index is 12.1. The fraction of sp³-hybridized carbons (Fsp3) is 0.609. The topological polar surface area (TPSA) is 66.6 Å². The molecule has 8 heteroatoms. The molecule has 0 radical (unpaired) electrons. The van der Waals surface area contributed by atoms with Crippen LogP contribution in [-0.4, -0.2) is 62.3 Å². The van der Waals surface area contributed by atoms with Gasteiger partial charge in [0, 0.05) is 42.1 Å². The van der Waals surface area contributed by atoms with Crippen molar-refractivity contribution in [2.24, 2.45) is 5.41 Å². The highest BCUT2D eigenvalue weighted by molar-refractivity contribution is 5.84. The molecule has 174 valence electrons. The Balaban J connectivity index is 1.76. The molecule has 1 heterocycles. The van der Waals surface area contributed by atoms with E-state index in [4.69, 9.17) is 4.74 Å². The van der Waals surface area contributed by atoms with Gasteiger partial charge >= 0.3 is 6.61 Å². The molecule has 0 aliphatic carbocycles. The molecule has 1 aromatic carbocycles. The van der Waals surface area contributed by atoms with Gasteiger partial charge in [-0.25, -0.2) is 0 Å². The number of nitrogens with zero attached hydrogens (tertiary/aromatic N) is 1. The van der Waals surface area contributed by atoms with Crippen LogP contribution in [0.5, 0.6) is 5.75 Å². The summed E-state index contributed by atoms with van der Waals surface area (Å²) in [4.78, 5) is 17.1. The summed E-state index contributed by atoms with van der Waals surface area (Å²) in [6.45, 7) is 5.43. The summed E-state index contributed by atoms with van der Waals surface area (Å²) in [5.41, 5.74) is 1.83. The van der Waals surface area contributed by atoms with E-state index in [1.165, 1.54) is 0 Å². The predicted octanol–water partition coefficient (Wildman–Crippen LogP) is 4.20. The van der Waals surface area contributed by atoms with Crippen LogP contribution in [0.25, 0.3) is 10.9 Å². The van der Waals surface area contributed by atoms with Crippen molar-refractivity contribution in [1.82, 2.24) is 15.2 Å². The van der Waals surface area contributed by atoms with Crippen molar-refractivity contribution >= 4 is 16.8 Å². The van der Waals surface area contributed by atoms with Crippen LogP contribution in [0.2, 0.25) is 0 Å². The van der Waals surface area contributed by atoms with Crippen LogP contribution < -0.4 is 10.1 Å². The van der Waals surface area contributed by atoms with Gasteiger partial charge in [-0.2, -0.15) is 8.78 Å². The molecule has 1 aromatic heterocycles. The second-order valence-electron chi connectivity index (χ2n) is 8.77. The normalized spacial score (nSPS) is 12.1. The van der Waals surface area contributed by atoms with Crippen molar-refractivity contribution in [3.8, 4) is 5.75 Å². The van der Waals surface area contributed by atoms with Gasteiger partial charge < -0.3 is 24.7 Å². The van der Waals surface area contributed by atoms with Crippen molar-refractivity contribution in [3.05, 3.63) is 30.0 Å². The number of nitrogens with one attached hydrogen (secondary N) is 2. The fourth-order valence-corrected chi connectivity index (χ4v) is 3.06. The maximum atomic E-state index is 12.1. The molecule has 2 rings (SSSR count). The third-order valence-corrected chi connectivity index (χ3v) is 5.03. The predicted molar refractivity (Wildman–Crippen MR) is 119 cm³/mol. The maximum Gasteiger partial charge on any atom is 0.345 e. The molecule has 0 saturated carbocycles. The Hall–Kier alpha value is -2.19. The second kappa shape index (κ2) is 12.0. The molecular formula is C23H35F2N3O3. The average molecular weight is 440 g/mol. The smallest absolute Gasteiger partial charge is 0.345 e. The number of benzene rings is 1. The third kappa shape index (κ3) is 8.83. The molecule has 0 bridgehead atoms. The van der Waals surface area contributed by atoms with E-state index in [0.29, 0.717) is 19.7 Å². The van der Waals surface area contributed by atoms with Crippen LogP contribution in [0.1, 0.15) is 39.2 Å². The standard InChI is InChI=1S/C23H35F2N3O3/c1-23(2,3)21(29)26-10-5-6-13-30-18-7-8-20-19(15-18)17(16-27-20)9-11-28(4)12-14-31-22(24)25/h7-8,15-16,22,27H,5-6,9-14H2,1-4H3,(H,26,29). The van der Waals surface area contributed by atoms with Gasteiger partial charge in [0.1, 0.15) is 5.75 Å². The number of halogens is 2. The lowest BCUT2D eigenvalue weighted by atomic mass is 9.96. The van der Waals surface area contributed by atoms with Crippen molar-refractivity contribution < 1.29 is 23.0 Å². The fourth-order valence-electron chi connectivity index (χ4n) is 3.06. The van der Waals surface area contributed by atoms with Crippen molar-refractivity contribution in [1.29, 1.82) is 0 Å². The van der Waals surface area contributed by atoms with E-state index in [9.17, 15) is 13.6 Å². The van der Waals surface area contributed by atoms with Crippen molar-refractivity contribution in [3.63, 3.8) is 0 Å². The first-order valence-corrected chi connectivity index (χ1v) is 10.8. The Labute approximate surface area is 183 Å². The molecule has 0 aliphatic heterocycles. The zero-order valence-corrected chi connectivity index (χ0v) is 19.0. The molecule has 31 heavy (non-hydrogen) atoms. The van der Waals surface area contributed by atoms with Gasteiger partial charge in [-0.1, -0.05) is 20.8 Å². The number of rotatable bonds is 13. The first kappa shape index (κ1) is 25.1. The number of aromatic amines is 1. The van der Waals surface area contributed by atoms with Crippen LogP contribution in [0.4, 0.5) is 8.78 Å². The molecule has 2 N–H and O–H groups in total. The number of fused-ring (bicyclic) bond motifs is 1. The quantitative estimate of drug-likeness (QED) is 0.459. The molecule has 0 saturated heterocycles. The molecule has 1 amide bonds. The summed E-state index contributed by atoms with van der Waals surface area (Å²) in [6.07, 6.45) is 4.49. The minimum absolute atomic E-state index is 0.0138. The summed E-state index contributed by atoms with van der Waals surface area (Å²) in [5, 5.41) is 4.05. The largest absolute Gasteiger partial charge is 0.494 e. The van der Waals surface area contributed by atoms with Gasteiger partial charge in [0.15, 0.2) is 0 Å². The molecular weight excluding hydrogens is 404 g/mol. The molecule has 0 aliphatic rings. The zero-order valence-electron chi connectivity index (χ0n) is 19.0. The summed E-state index contributed by atoms with van der Waals surface area (Å²) < 4.78 is 34.3. The zero-order chi connectivity index (χ0) is 22.9. The average Bonchev–Trinajstić information content (AvgIpc) is 3.10. The number of likely N-dealkylation sites (N-methyl/N-ethyl adjacent to an activating group) is 1. The van der Waals surface area contributed by atoms with Gasteiger partial charge in [0.25, 0.3) is 0 Å². The number of unbranched alkanes of at least 4 members (excludes halogenated alkanes) is 1. The number of carbonyl (C=O) groups excluding carboxylic acids is 1. The minimum Gasteiger partial charge on any atom is -0.494 e. The lowest BCUT2D eigenvalue weighted by Gasteiger charge is -2.17. The molecule has 0 atom stereocenters. The van der Waals surface area contributed by atoms with Crippen LogP contribution in [0.3, 0.4) is 0 Å². The van der Waals surface area contributed by atoms with Crippen LogP contribution in [-0.2, 0) is 16.0 Å². The van der Waals surface area contributed by atoms with E-state index < -0.39 is 6.61 Å². The Morgan fingerprint density at radius 1 is 1.19 bits per heavy atom. The second-order valence-corrected chi connectivity index (χ2v) is 8.77. The highest BCUT2D eigenvalue weighted by atomic mass is 19.3. The van der Waals surface area contributed by atoms with Gasteiger partial charge in [-0.05, 0) is 50.1 Å². The summed E-state index contributed by atoms with van der Waals surface area (Å²) >= 11 is 0. The Morgan fingerprint density at radius 2 is 1.97 bits per heavy atom. The van der Waals surface area contributed by atoms with E-state index in [-0.39, 0.29) is 17.9 Å². The van der Waals surface area contributed by atoms with E-state index in [0.717, 1.165) is 48.0 Å². The van der Waals surface area contributed by atoms with Crippen molar-refractivity contribution in [2.75, 3.05) is 39.9 Å². The number of alkyl halides is 2.